The minimum atomic E-state index is -0.0452. The Morgan fingerprint density at radius 1 is 1.32 bits per heavy atom. The number of rotatable bonds is 6. The molecule has 1 fully saturated rings. The predicted octanol–water partition coefficient (Wildman–Crippen LogP) is 3.13. The van der Waals surface area contributed by atoms with E-state index in [2.05, 4.69) is 46.8 Å². The van der Waals surface area contributed by atoms with E-state index in [0.29, 0.717) is 0 Å². The predicted molar refractivity (Wildman–Crippen MR) is 106 cm³/mol. The second-order valence-electron chi connectivity index (χ2n) is 5.42. The molecule has 0 aromatic heterocycles. The van der Waals surface area contributed by atoms with Crippen LogP contribution in [0.2, 0.25) is 0 Å². The van der Waals surface area contributed by atoms with E-state index in [0.717, 1.165) is 44.3 Å². The molecule has 0 radical (unpaired) electrons. The molecular formula is C16H26IN3OS. The Labute approximate surface area is 154 Å². The van der Waals surface area contributed by atoms with Gasteiger partial charge in [0.05, 0.1) is 5.60 Å². The van der Waals surface area contributed by atoms with Crippen molar-refractivity contribution >= 4 is 41.7 Å². The van der Waals surface area contributed by atoms with E-state index in [4.69, 9.17) is 4.74 Å². The van der Waals surface area contributed by atoms with E-state index < -0.39 is 0 Å². The largest absolute Gasteiger partial charge is 0.373 e. The summed E-state index contributed by atoms with van der Waals surface area (Å²) < 4.78 is 5.77. The second-order valence-corrected chi connectivity index (χ2v) is 6.58. The minimum absolute atomic E-state index is 0. The van der Waals surface area contributed by atoms with Gasteiger partial charge in [0.15, 0.2) is 5.96 Å². The van der Waals surface area contributed by atoms with Crippen LogP contribution in [-0.4, -0.2) is 44.1 Å². The van der Waals surface area contributed by atoms with Crippen molar-refractivity contribution in [3.05, 3.63) is 30.3 Å². The van der Waals surface area contributed by atoms with Crippen molar-refractivity contribution in [1.82, 2.24) is 10.6 Å². The number of nitrogens with one attached hydrogen (secondary N) is 2. The van der Waals surface area contributed by atoms with Crippen LogP contribution in [0.15, 0.2) is 40.2 Å². The number of hydrogen-bond donors (Lipinski definition) is 2. The maximum atomic E-state index is 5.77. The molecule has 6 heteroatoms. The van der Waals surface area contributed by atoms with Crippen LogP contribution in [0.3, 0.4) is 0 Å². The standard InChI is InChI=1S/C16H25N3OS.HI/c1-16(9-6-11-20-16)13-19-15(17-2)18-10-12-21-14-7-4-3-5-8-14;/h3-5,7-8H,6,9-13H2,1-2H3,(H2,17,18,19);1H. The van der Waals surface area contributed by atoms with Crippen LogP contribution in [0.4, 0.5) is 0 Å². The van der Waals surface area contributed by atoms with Gasteiger partial charge >= 0.3 is 0 Å². The van der Waals surface area contributed by atoms with Gasteiger partial charge in [-0.1, -0.05) is 18.2 Å². The van der Waals surface area contributed by atoms with Crippen LogP contribution in [0.5, 0.6) is 0 Å². The normalized spacial score (nSPS) is 21.3. The molecule has 4 nitrogen and oxygen atoms in total. The van der Waals surface area contributed by atoms with Gasteiger partial charge in [0.2, 0.25) is 0 Å². The zero-order chi connectivity index (χ0) is 15.0. The van der Waals surface area contributed by atoms with Gasteiger partial charge in [0.1, 0.15) is 0 Å². The molecule has 0 spiro atoms. The first-order valence-electron chi connectivity index (χ1n) is 7.48. The molecule has 0 amide bonds. The molecule has 1 saturated heterocycles. The molecule has 1 aromatic rings. The molecule has 1 aromatic carbocycles. The Kier molecular flexibility index (Phi) is 9.19. The fourth-order valence-corrected chi connectivity index (χ4v) is 3.11. The van der Waals surface area contributed by atoms with Crippen molar-refractivity contribution < 1.29 is 4.74 Å². The van der Waals surface area contributed by atoms with E-state index in [1.807, 2.05) is 17.8 Å². The van der Waals surface area contributed by atoms with Gasteiger partial charge in [-0.25, -0.2) is 0 Å². The number of benzene rings is 1. The molecule has 2 rings (SSSR count). The summed E-state index contributed by atoms with van der Waals surface area (Å²) in [5.74, 6) is 1.86. The number of nitrogens with zero attached hydrogens (tertiary/aromatic N) is 1. The van der Waals surface area contributed by atoms with E-state index in [1.165, 1.54) is 4.90 Å². The van der Waals surface area contributed by atoms with Gasteiger partial charge in [0.25, 0.3) is 0 Å². The maximum Gasteiger partial charge on any atom is 0.191 e. The highest BCUT2D eigenvalue weighted by molar-refractivity contribution is 14.0. The Bertz CT molecular complexity index is 450. The summed E-state index contributed by atoms with van der Waals surface area (Å²) in [6, 6.07) is 10.4. The van der Waals surface area contributed by atoms with Gasteiger partial charge < -0.3 is 15.4 Å². The molecule has 2 N–H and O–H groups in total. The third-order valence-electron chi connectivity index (χ3n) is 3.56. The van der Waals surface area contributed by atoms with Crippen molar-refractivity contribution in [3.8, 4) is 0 Å². The highest BCUT2D eigenvalue weighted by Crippen LogP contribution is 2.23. The van der Waals surface area contributed by atoms with Crippen LogP contribution in [0, 0.1) is 0 Å². The minimum Gasteiger partial charge on any atom is -0.373 e. The van der Waals surface area contributed by atoms with Gasteiger partial charge in [-0.05, 0) is 31.9 Å². The van der Waals surface area contributed by atoms with Gasteiger partial charge in [-0.3, -0.25) is 4.99 Å². The Morgan fingerprint density at radius 2 is 2.09 bits per heavy atom. The fourth-order valence-electron chi connectivity index (χ4n) is 2.32. The Balaban J connectivity index is 0.00000242. The lowest BCUT2D eigenvalue weighted by Gasteiger charge is -2.24. The zero-order valence-corrected chi connectivity index (χ0v) is 16.4. The van der Waals surface area contributed by atoms with Crippen LogP contribution in [0.1, 0.15) is 19.8 Å². The summed E-state index contributed by atoms with van der Waals surface area (Å²) in [6.45, 7) is 4.72. The van der Waals surface area contributed by atoms with Crippen LogP contribution >= 0.6 is 35.7 Å². The smallest absolute Gasteiger partial charge is 0.191 e. The van der Waals surface area contributed by atoms with Crippen LogP contribution in [-0.2, 0) is 4.74 Å². The Hall–Kier alpha value is -0.470. The van der Waals surface area contributed by atoms with Crippen molar-refractivity contribution in [1.29, 1.82) is 0 Å². The summed E-state index contributed by atoms with van der Waals surface area (Å²) in [4.78, 5) is 5.55. The van der Waals surface area contributed by atoms with Gasteiger partial charge in [-0.2, -0.15) is 0 Å². The summed E-state index contributed by atoms with van der Waals surface area (Å²) in [5.41, 5.74) is -0.0452. The average Bonchev–Trinajstić information content (AvgIpc) is 2.95. The molecule has 1 unspecified atom stereocenters. The fraction of sp³-hybridized carbons (Fsp3) is 0.562. The number of aliphatic imine (C=N–C) groups is 1. The zero-order valence-electron chi connectivity index (χ0n) is 13.3. The first-order valence-corrected chi connectivity index (χ1v) is 8.47. The first kappa shape index (κ1) is 19.6. The molecule has 1 heterocycles. The lowest BCUT2D eigenvalue weighted by Crippen LogP contribution is -2.46. The lowest BCUT2D eigenvalue weighted by molar-refractivity contribution is 0.0243. The number of halogens is 1. The molecule has 0 aliphatic carbocycles. The van der Waals surface area contributed by atoms with Crippen molar-refractivity contribution in [2.75, 3.05) is 32.5 Å². The van der Waals surface area contributed by atoms with E-state index in [-0.39, 0.29) is 29.6 Å². The SMILES string of the molecule is CN=C(NCCSc1ccccc1)NCC1(C)CCCO1.I. The second kappa shape index (κ2) is 10.3. The molecule has 0 saturated carbocycles. The molecule has 0 bridgehead atoms. The molecule has 1 atom stereocenters. The first-order chi connectivity index (χ1) is 10.2. The van der Waals surface area contributed by atoms with Crippen molar-refractivity contribution in [2.45, 2.75) is 30.3 Å². The van der Waals surface area contributed by atoms with E-state index >= 15 is 0 Å². The molecule has 1 aliphatic heterocycles. The summed E-state index contributed by atoms with van der Waals surface area (Å²) in [5, 5.41) is 6.70. The van der Waals surface area contributed by atoms with Crippen LogP contribution in [0.25, 0.3) is 0 Å². The van der Waals surface area contributed by atoms with Crippen molar-refractivity contribution in [3.63, 3.8) is 0 Å². The maximum absolute atomic E-state index is 5.77. The van der Waals surface area contributed by atoms with E-state index in [1.54, 1.807) is 7.05 Å². The summed E-state index contributed by atoms with van der Waals surface area (Å²) in [6.07, 6.45) is 2.26. The van der Waals surface area contributed by atoms with Gasteiger partial charge in [-0.15, -0.1) is 35.7 Å². The quantitative estimate of drug-likeness (QED) is 0.237. The Morgan fingerprint density at radius 3 is 2.73 bits per heavy atom. The average molecular weight is 435 g/mol. The third kappa shape index (κ3) is 6.75. The highest BCUT2D eigenvalue weighted by Gasteiger charge is 2.29. The van der Waals surface area contributed by atoms with E-state index in [9.17, 15) is 0 Å². The molecule has 124 valence electrons. The summed E-state index contributed by atoms with van der Waals surface area (Å²) in [7, 11) is 1.80. The molecule has 1 aliphatic rings. The van der Waals surface area contributed by atoms with Crippen LogP contribution < -0.4 is 10.6 Å². The highest BCUT2D eigenvalue weighted by atomic mass is 127. The number of hydrogen-bond acceptors (Lipinski definition) is 3. The summed E-state index contributed by atoms with van der Waals surface area (Å²) >= 11 is 1.85. The third-order valence-corrected chi connectivity index (χ3v) is 4.57. The van der Waals surface area contributed by atoms with Gasteiger partial charge in [0, 0.05) is 37.4 Å². The number of ether oxygens (including phenoxy) is 1. The molecular weight excluding hydrogens is 409 g/mol. The monoisotopic (exact) mass is 435 g/mol. The number of thioether (sulfide) groups is 1. The molecule has 22 heavy (non-hydrogen) atoms. The number of guanidine groups is 1. The lowest BCUT2D eigenvalue weighted by atomic mass is 10.0. The van der Waals surface area contributed by atoms with Crippen molar-refractivity contribution in [2.24, 2.45) is 4.99 Å². The topological polar surface area (TPSA) is 45.7 Å².